The minimum atomic E-state index is 0.00423. The van der Waals surface area contributed by atoms with Crippen molar-refractivity contribution in [3.8, 4) is 0 Å². The first-order valence-electron chi connectivity index (χ1n) is 7.13. The fourth-order valence-corrected chi connectivity index (χ4v) is 2.85. The summed E-state index contributed by atoms with van der Waals surface area (Å²) in [5.74, 6) is 1.09. The molecule has 2 rings (SSSR count). The Bertz CT molecular complexity index is 613. The maximum Gasteiger partial charge on any atom is 0.221 e. The molecule has 2 aromatic rings. The van der Waals surface area contributed by atoms with Gasteiger partial charge in [-0.2, -0.15) is 0 Å². The molecule has 5 nitrogen and oxygen atoms in total. The molecule has 0 spiro atoms. The third kappa shape index (κ3) is 5.04. The summed E-state index contributed by atoms with van der Waals surface area (Å²) in [4.78, 5) is 20.4. The molecule has 116 valence electrons. The molecular formula is C16H20N4OS. The van der Waals surface area contributed by atoms with Crippen molar-refractivity contribution in [2.75, 3.05) is 11.5 Å². The topological polar surface area (TPSA) is 80.9 Å². The molecule has 0 aliphatic heterocycles. The molecule has 6 heteroatoms. The molecule has 0 saturated heterocycles. The van der Waals surface area contributed by atoms with Crippen molar-refractivity contribution in [1.82, 2.24) is 15.3 Å². The lowest BCUT2D eigenvalue weighted by Crippen LogP contribution is -2.26. The van der Waals surface area contributed by atoms with Crippen molar-refractivity contribution < 1.29 is 4.79 Å². The van der Waals surface area contributed by atoms with Crippen LogP contribution in [0.1, 0.15) is 30.6 Å². The summed E-state index contributed by atoms with van der Waals surface area (Å²) in [6.45, 7) is 3.85. The Kier molecular flexibility index (Phi) is 5.77. The van der Waals surface area contributed by atoms with E-state index in [9.17, 15) is 4.79 Å². The Morgan fingerprint density at radius 2 is 2.05 bits per heavy atom. The molecule has 1 unspecified atom stereocenters. The molecule has 0 aliphatic carbocycles. The summed E-state index contributed by atoms with van der Waals surface area (Å²) in [5.41, 5.74) is 7.60. The number of carbonyl (C=O) groups is 1. The number of hydrogen-bond donors (Lipinski definition) is 2. The van der Waals surface area contributed by atoms with Crippen molar-refractivity contribution in [2.24, 2.45) is 0 Å². The molecule has 0 aliphatic rings. The molecule has 1 atom stereocenters. The fraction of sp³-hybridized carbons (Fsp3) is 0.312. The van der Waals surface area contributed by atoms with Crippen LogP contribution < -0.4 is 11.1 Å². The van der Waals surface area contributed by atoms with Gasteiger partial charge in [0.2, 0.25) is 5.91 Å². The minimum absolute atomic E-state index is 0.00423. The summed E-state index contributed by atoms with van der Waals surface area (Å²) in [7, 11) is 0. The summed E-state index contributed by atoms with van der Waals surface area (Å²) in [5, 5.41) is 3.60. The highest BCUT2D eigenvalue weighted by atomic mass is 32.2. The lowest BCUT2D eigenvalue weighted by Gasteiger charge is -2.14. The van der Waals surface area contributed by atoms with Gasteiger partial charge in [0.1, 0.15) is 5.82 Å². The summed E-state index contributed by atoms with van der Waals surface area (Å²) in [6.07, 6.45) is 0.416. The number of benzene rings is 1. The van der Waals surface area contributed by atoms with Crippen molar-refractivity contribution >= 4 is 23.5 Å². The van der Waals surface area contributed by atoms with Crippen molar-refractivity contribution in [3.63, 3.8) is 0 Å². The Morgan fingerprint density at radius 3 is 2.73 bits per heavy atom. The van der Waals surface area contributed by atoms with Crippen molar-refractivity contribution in [3.05, 3.63) is 47.7 Å². The number of rotatable bonds is 6. The Hall–Kier alpha value is -2.08. The number of nitrogens with zero attached hydrogens (tertiary/aromatic N) is 2. The lowest BCUT2D eigenvalue weighted by molar-refractivity contribution is -0.121. The second-order valence-corrected chi connectivity index (χ2v) is 6.08. The van der Waals surface area contributed by atoms with E-state index in [1.807, 2.05) is 44.2 Å². The van der Waals surface area contributed by atoms with Gasteiger partial charge in [0.15, 0.2) is 5.16 Å². The monoisotopic (exact) mass is 316 g/mol. The van der Waals surface area contributed by atoms with Crippen LogP contribution in [0.2, 0.25) is 0 Å². The molecule has 1 aromatic carbocycles. The number of hydrogen-bond acceptors (Lipinski definition) is 5. The van der Waals surface area contributed by atoms with Crippen LogP contribution in [0.5, 0.6) is 0 Å². The highest BCUT2D eigenvalue weighted by Crippen LogP contribution is 2.16. The van der Waals surface area contributed by atoms with Crippen molar-refractivity contribution in [1.29, 1.82) is 0 Å². The van der Waals surface area contributed by atoms with E-state index >= 15 is 0 Å². The third-order valence-electron chi connectivity index (χ3n) is 3.09. The van der Waals surface area contributed by atoms with E-state index in [0.29, 0.717) is 23.1 Å². The van der Waals surface area contributed by atoms with Crippen LogP contribution in [-0.2, 0) is 4.79 Å². The number of aromatic nitrogens is 2. The average Bonchev–Trinajstić information content (AvgIpc) is 2.47. The maximum atomic E-state index is 12.0. The fourth-order valence-electron chi connectivity index (χ4n) is 2.00. The van der Waals surface area contributed by atoms with Crippen LogP contribution in [0.3, 0.4) is 0 Å². The molecule has 1 amide bonds. The second-order valence-electron chi connectivity index (χ2n) is 5.02. The standard InChI is InChI=1S/C16H20N4OS/c1-11-10-14(17)20-16(18-11)22-9-8-15(21)19-12(2)13-6-4-3-5-7-13/h3-7,10,12H,8-9H2,1-2H3,(H,19,21)(H2,17,18,20). The number of amides is 1. The highest BCUT2D eigenvalue weighted by Gasteiger charge is 2.09. The van der Waals surface area contributed by atoms with E-state index in [2.05, 4.69) is 15.3 Å². The van der Waals surface area contributed by atoms with Crippen LogP contribution in [0.25, 0.3) is 0 Å². The van der Waals surface area contributed by atoms with Gasteiger partial charge in [-0.1, -0.05) is 42.1 Å². The average molecular weight is 316 g/mol. The number of nitrogen functional groups attached to an aromatic ring is 1. The highest BCUT2D eigenvalue weighted by molar-refractivity contribution is 7.99. The van der Waals surface area contributed by atoms with Gasteiger partial charge < -0.3 is 11.1 Å². The van der Waals surface area contributed by atoms with Gasteiger partial charge in [-0.15, -0.1) is 0 Å². The molecule has 0 bridgehead atoms. The Labute approximate surface area is 134 Å². The third-order valence-corrected chi connectivity index (χ3v) is 3.94. The largest absolute Gasteiger partial charge is 0.384 e. The number of nitrogens with two attached hydrogens (primary N) is 1. The van der Waals surface area contributed by atoms with Crippen molar-refractivity contribution in [2.45, 2.75) is 31.5 Å². The van der Waals surface area contributed by atoms with E-state index in [4.69, 9.17) is 5.73 Å². The predicted octanol–water partition coefficient (Wildman–Crippen LogP) is 2.73. The number of nitrogens with one attached hydrogen (secondary N) is 1. The molecule has 0 saturated carbocycles. The summed E-state index contributed by atoms with van der Waals surface area (Å²) < 4.78 is 0. The molecule has 3 N–H and O–H groups in total. The van der Waals surface area contributed by atoms with Gasteiger partial charge in [-0.3, -0.25) is 4.79 Å². The van der Waals surface area contributed by atoms with Crippen LogP contribution >= 0.6 is 11.8 Å². The van der Waals surface area contributed by atoms with E-state index in [-0.39, 0.29) is 11.9 Å². The zero-order valence-corrected chi connectivity index (χ0v) is 13.6. The molecular weight excluding hydrogens is 296 g/mol. The number of carbonyl (C=O) groups excluding carboxylic acids is 1. The van der Waals surface area contributed by atoms with Gasteiger partial charge >= 0.3 is 0 Å². The van der Waals surface area contributed by atoms with E-state index in [1.54, 1.807) is 6.07 Å². The first-order chi connectivity index (χ1) is 10.5. The number of anilines is 1. The maximum absolute atomic E-state index is 12.0. The number of thioether (sulfide) groups is 1. The van der Waals surface area contributed by atoms with Gasteiger partial charge in [-0.05, 0) is 19.4 Å². The van der Waals surface area contributed by atoms with E-state index in [1.165, 1.54) is 11.8 Å². The summed E-state index contributed by atoms with van der Waals surface area (Å²) in [6, 6.07) is 11.6. The quantitative estimate of drug-likeness (QED) is 0.632. The van der Waals surface area contributed by atoms with Gasteiger partial charge in [0, 0.05) is 23.9 Å². The van der Waals surface area contributed by atoms with E-state index in [0.717, 1.165) is 11.3 Å². The Morgan fingerprint density at radius 1 is 1.32 bits per heavy atom. The zero-order valence-electron chi connectivity index (χ0n) is 12.7. The zero-order chi connectivity index (χ0) is 15.9. The number of aryl methyl sites for hydroxylation is 1. The SMILES string of the molecule is Cc1cc(N)nc(SCCC(=O)NC(C)c2ccccc2)n1. The van der Waals surface area contributed by atoms with E-state index < -0.39 is 0 Å². The molecule has 22 heavy (non-hydrogen) atoms. The van der Waals surface area contributed by atoms with Gasteiger partial charge in [0.25, 0.3) is 0 Å². The predicted molar refractivity (Wildman–Crippen MR) is 89.5 cm³/mol. The smallest absolute Gasteiger partial charge is 0.221 e. The first kappa shape index (κ1) is 16.3. The first-order valence-corrected chi connectivity index (χ1v) is 8.11. The van der Waals surface area contributed by atoms with Gasteiger partial charge in [0.05, 0.1) is 6.04 Å². The van der Waals surface area contributed by atoms with Crippen LogP contribution in [0.4, 0.5) is 5.82 Å². The molecule has 0 radical (unpaired) electrons. The molecule has 0 fully saturated rings. The minimum Gasteiger partial charge on any atom is -0.384 e. The van der Waals surface area contributed by atoms with Crippen LogP contribution in [-0.4, -0.2) is 21.6 Å². The molecule has 1 aromatic heterocycles. The normalized spacial score (nSPS) is 11.9. The van der Waals surface area contributed by atoms with Crippen LogP contribution in [0, 0.1) is 6.92 Å². The van der Waals surface area contributed by atoms with Crippen LogP contribution in [0.15, 0.2) is 41.6 Å². The lowest BCUT2D eigenvalue weighted by atomic mass is 10.1. The van der Waals surface area contributed by atoms with Gasteiger partial charge in [-0.25, -0.2) is 9.97 Å². The Balaban J connectivity index is 1.78. The molecule has 1 heterocycles. The summed E-state index contributed by atoms with van der Waals surface area (Å²) >= 11 is 1.44. The second kappa shape index (κ2) is 7.79.